The first-order valence-electron chi connectivity index (χ1n) is 8.17. The third-order valence-corrected chi connectivity index (χ3v) is 3.98. The highest BCUT2D eigenvalue weighted by Crippen LogP contribution is 2.37. The Labute approximate surface area is 145 Å². The number of carbonyl (C=O) groups excluding carboxylic acids is 1. The van der Waals surface area contributed by atoms with Gasteiger partial charge in [0.25, 0.3) is 0 Å². The summed E-state index contributed by atoms with van der Waals surface area (Å²) in [6.45, 7) is 12.3. The predicted octanol–water partition coefficient (Wildman–Crippen LogP) is 5.27. The zero-order valence-corrected chi connectivity index (χ0v) is 15.4. The SMILES string of the molecule is C#Cc1ccc(N=C2C=C(C(C)(C)C)C(=O)C(C(C)(C)C)=C2)cc1. The minimum Gasteiger partial charge on any atom is -0.289 e. The van der Waals surface area contributed by atoms with Crippen molar-refractivity contribution in [2.45, 2.75) is 41.5 Å². The van der Waals surface area contributed by atoms with Gasteiger partial charge in [0, 0.05) is 16.7 Å². The predicted molar refractivity (Wildman–Crippen MR) is 102 cm³/mol. The van der Waals surface area contributed by atoms with Crippen LogP contribution in [0.3, 0.4) is 0 Å². The lowest BCUT2D eigenvalue weighted by Gasteiger charge is -2.31. The third-order valence-electron chi connectivity index (χ3n) is 3.98. The summed E-state index contributed by atoms with van der Waals surface area (Å²) in [5.41, 5.74) is 3.61. The van der Waals surface area contributed by atoms with E-state index in [1.807, 2.05) is 36.4 Å². The molecule has 0 amide bonds. The molecule has 124 valence electrons. The van der Waals surface area contributed by atoms with E-state index in [2.05, 4.69) is 47.5 Å². The largest absolute Gasteiger partial charge is 0.289 e. The topological polar surface area (TPSA) is 29.4 Å². The van der Waals surface area contributed by atoms with Crippen LogP contribution in [0.5, 0.6) is 0 Å². The number of allylic oxidation sites excluding steroid dienone is 4. The van der Waals surface area contributed by atoms with E-state index in [0.29, 0.717) is 0 Å². The molecule has 0 radical (unpaired) electrons. The Morgan fingerprint density at radius 1 is 0.875 bits per heavy atom. The summed E-state index contributed by atoms with van der Waals surface area (Å²) in [6, 6.07) is 7.54. The van der Waals surface area contributed by atoms with Crippen molar-refractivity contribution in [1.29, 1.82) is 0 Å². The second kappa shape index (κ2) is 6.24. The molecule has 2 rings (SSSR count). The zero-order valence-electron chi connectivity index (χ0n) is 15.4. The quantitative estimate of drug-likeness (QED) is 0.512. The van der Waals surface area contributed by atoms with Crippen LogP contribution in [-0.4, -0.2) is 11.5 Å². The number of rotatable bonds is 1. The molecule has 2 nitrogen and oxygen atoms in total. The van der Waals surface area contributed by atoms with Crippen molar-refractivity contribution in [2.75, 3.05) is 0 Å². The van der Waals surface area contributed by atoms with E-state index in [1.54, 1.807) is 0 Å². The number of terminal acetylenes is 1. The van der Waals surface area contributed by atoms with Crippen molar-refractivity contribution in [3.63, 3.8) is 0 Å². The van der Waals surface area contributed by atoms with E-state index in [1.165, 1.54) is 0 Å². The molecular weight excluding hydrogens is 294 g/mol. The fourth-order valence-electron chi connectivity index (χ4n) is 2.57. The first-order chi connectivity index (χ1) is 11.0. The number of Topliss-reactive ketones (excluding diaryl/α,β-unsaturated/α-hetero) is 1. The molecule has 0 aliphatic heterocycles. The molecule has 1 aromatic rings. The summed E-state index contributed by atoms with van der Waals surface area (Å²) < 4.78 is 0. The molecule has 0 saturated heterocycles. The third kappa shape index (κ3) is 3.92. The molecule has 1 aliphatic carbocycles. The first-order valence-corrected chi connectivity index (χ1v) is 8.17. The Balaban J connectivity index is 2.55. The highest BCUT2D eigenvalue weighted by atomic mass is 16.1. The van der Waals surface area contributed by atoms with Crippen molar-refractivity contribution < 1.29 is 4.79 Å². The number of hydrogen-bond acceptors (Lipinski definition) is 2. The second-order valence-electron chi connectivity index (χ2n) is 8.17. The van der Waals surface area contributed by atoms with Gasteiger partial charge in [-0.05, 0) is 47.2 Å². The molecule has 0 unspecified atom stereocenters. The van der Waals surface area contributed by atoms with E-state index in [-0.39, 0.29) is 16.6 Å². The highest BCUT2D eigenvalue weighted by Gasteiger charge is 2.34. The van der Waals surface area contributed by atoms with Gasteiger partial charge in [0.2, 0.25) is 0 Å². The van der Waals surface area contributed by atoms with Gasteiger partial charge in [0.05, 0.1) is 11.4 Å². The Morgan fingerprint density at radius 2 is 1.33 bits per heavy atom. The van der Waals surface area contributed by atoms with Crippen LogP contribution in [0.25, 0.3) is 0 Å². The number of hydrogen-bond donors (Lipinski definition) is 0. The van der Waals surface area contributed by atoms with Gasteiger partial charge in [-0.15, -0.1) is 6.42 Å². The molecule has 0 saturated carbocycles. The molecule has 0 N–H and O–H groups in total. The number of nitrogens with zero attached hydrogens (tertiary/aromatic N) is 1. The van der Waals surface area contributed by atoms with Crippen molar-refractivity contribution in [3.8, 4) is 12.3 Å². The van der Waals surface area contributed by atoms with Crippen LogP contribution in [0, 0.1) is 23.2 Å². The average Bonchev–Trinajstić information content (AvgIpc) is 2.47. The summed E-state index contributed by atoms with van der Waals surface area (Å²) in [6.07, 6.45) is 9.21. The summed E-state index contributed by atoms with van der Waals surface area (Å²) in [7, 11) is 0. The van der Waals surface area contributed by atoms with Crippen molar-refractivity contribution >= 4 is 17.2 Å². The molecule has 2 heteroatoms. The van der Waals surface area contributed by atoms with Gasteiger partial charge in [0.15, 0.2) is 5.78 Å². The Morgan fingerprint density at radius 3 is 1.71 bits per heavy atom. The Hall–Kier alpha value is -2.40. The summed E-state index contributed by atoms with van der Waals surface area (Å²) in [5.74, 6) is 2.72. The van der Waals surface area contributed by atoms with Gasteiger partial charge in [0.1, 0.15) is 0 Å². The minimum absolute atomic E-state index is 0.122. The van der Waals surface area contributed by atoms with Crippen LogP contribution in [0.15, 0.2) is 52.6 Å². The van der Waals surface area contributed by atoms with E-state index < -0.39 is 0 Å². The maximum atomic E-state index is 12.9. The lowest BCUT2D eigenvalue weighted by molar-refractivity contribution is -0.114. The Bertz CT molecular complexity index is 746. The van der Waals surface area contributed by atoms with Gasteiger partial charge in [-0.2, -0.15) is 0 Å². The van der Waals surface area contributed by atoms with Crippen LogP contribution in [0.2, 0.25) is 0 Å². The number of ketones is 1. The number of carbonyl (C=O) groups is 1. The van der Waals surface area contributed by atoms with Gasteiger partial charge in [-0.25, -0.2) is 4.99 Å². The zero-order chi connectivity index (χ0) is 18.1. The molecule has 0 spiro atoms. The summed E-state index contributed by atoms with van der Waals surface area (Å²) >= 11 is 0. The molecule has 0 heterocycles. The van der Waals surface area contributed by atoms with Crippen LogP contribution >= 0.6 is 0 Å². The summed E-state index contributed by atoms with van der Waals surface area (Å²) in [5, 5.41) is 0. The smallest absolute Gasteiger partial charge is 0.186 e. The van der Waals surface area contributed by atoms with E-state index >= 15 is 0 Å². The molecule has 0 fully saturated rings. The van der Waals surface area contributed by atoms with Gasteiger partial charge >= 0.3 is 0 Å². The normalized spacial score (nSPS) is 15.5. The van der Waals surface area contributed by atoms with Crippen LogP contribution < -0.4 is 0 Å². The lowest BCUT2D eigenvalue weighted by Crippen LogP contribution is -2.29. The molecule has 1 aliphatic rings. The maximum Gasteiger partial charge on any atom is 0.186 e. The minimum atomic E-state index is -0.226. The molecule has 0 atom stereocenters. The average molecular weight is 319 g/mol. The van der Waals surface area contributed by atoms with Gasteiger partial charge < -0.3 is 0 Å². The summed E-state index contributed by atoms with van der Waals surface area (Å²) in [4.78, 5) is 17.6. The number of aliphatic imine (C=N–C) groups is 1. The fourth-order valence-corrected chi connectivity index (χ4v) is 2.57. The number of benzene rings is 1. The maximum absolute atomic E-state index is 12.9. The molecule has 1 aromatic carbocycles. The van der Waals surface area contributed by atoms with Crippen molar-refractivity contribution in [1.82, 2.24) is 0 Å². The van der Waals surface area contributed by atoms with E-state index in [4.69, 9.17) is 11.4 Å². The monoisotopic (exact) mass is 319 g/mol. The lowest BCUT2D eigenvalue weighted by atomic mass is 9.72. The van der Waals surface area contributed by atoms with Crippen molar-refractivity contribution in [2.24, 2.45) is 15.8 Å². The van der Waals surface area contributed by atoms with Gasteiger partial charge in [-0.3, -0.25) is 4.79 Å². The van der Waals surface area contributed by atoms with Crippen LogP contribution in [0.4, 0.5) is 5.69 Å². The fraction of sp³-hybridized carbons (Fsp3) is 0.364. The second-order valence-corrected chi connectivity index (χ2v) is 8.17. The standard InChI is InChI=1S/C22H25NO/c1-8-15-9-11-16(12-10-15)23-17-13-18(21(2,3)4)20(24)19(14-17)22(5,6)7/h1,9-14H,2-7H3. The molecular formula is C22H25NO. The van der Waals surface area contributed by atoms with Crippen LogP contribution in [-0.2, 0) is 4.79 Å². The first kappa shape index (κ1) is 17.9. The highest BCUT2D eigenvalue weighted by molar-refractivity contribution is 6.23. The molecule has 0 aromatic heterocycles. The van der Waals surface area contributed by atoms with E-state index in [0.717, 1.165) is 28.1 Å². The van der Waals surface area contributed by atoms with Crippen LogP contribution in [0.1, 0.15) is 47.1 Å². The molecule has 0 bridgehead atoms. The Kier molecular flexibility index (Phi) is 4.67. The van der Waals surface area contributed by atoms with Gasteiger partial charge in [-0.1, -0.05) is 47.5 Å². The molecule has 24 heavy (non-hydrogen) atoms. The van der Waals surface area contributed by atoms with E-state index in [9.17, 15) is 4.79 Å². The van der Waals surface area contributed by atoms with Crippen molar-refractivity contribution in [3.05, 3.63) is 53.1 Å².